The van der Waals surface area contributed by atoms with Crippen LogP contribution in [0.25, 0.3) is 0 Å². The Labute approximate surface area is 96.0 Å². The fourth-order valence-electron chi connectivity index (χ4n) is 1.35. The predicted octanol–water partition coefficient (Wildman–Crippen LogP) is 0.266. The number of sulfone groups is 1. The zero-order chi connectivity index (χ0) is 12.2. The lowest BCUT2D eigenvalue weighted by molar-refractivity contribution is 0.186. The van der Waals surface area contributed by atoms with Gasteiger partial charge in [-0.15, -0.1) is 0 Å². The maximum atomic E-state index is 11.0. The monoisotopic (exact) mass is 243 g/mol. The van der Waals surface area contributed by atoms with Crippen LogP contribution in [0.4, 0.5) is 0 Å². The minimum Gasteiger partial charge on any atom is -0.387 e. The third-order valence-electron chi connectivity index (χ3n) is 2.35. The second kappa shape index (κ2) is 5.43. The number of aryl methyl sites for hydroxylation is 1. The molecule has 1 unspecified atom stereocenters. The molecule has 3 N–H and O–H groups in total. The lowest BCUT2D eigenvalue weighted by Gasteiger charge is -2.08. The third-order valence-corrected chi connectivity index (χ3v) is 3.29. The van der Waals surface area contributed by atoms with Crippen LogP contribution in [0, 0.1) is 0 Å². The Balaban J connectivity index is 2.65. The first-order chi connectivity index (χ1) is 7.42. The summed E-state index contributed by atoms with van der Waals surface area (Å²) in [6, 6.07) is 7.18. The van der Waals surface area contributed by atoms with Crippen molar-refractivity contribution in [2.24, 2.45) is 5.73 Å². The Bertz CT molecular complexity index is 425. The summed E-state index contributed by atoms with van der Waals surface area (Å²) >= 11 is 0. The van der Waals surface area contributed by atoms with Gasteiger partial charge in [0.15, 0.2) is 0 Å². The van der Waals surface area contributed by atoms with Crippen LogP contribution >= 0.6 is 0 Å². The van der Waals surface area contributed by atoms with Crippen LogP contribution in [-0.4, -0.2) is 32.1 Å². The van der Waals surface area contributed by atoms with Crippen molar-refractivity contribution >= 4 is 9.84 Å². The second-order valence-corrected chi connectivity index (χ2v) is 6.13. The van der Waals surface area contributed by atoms with Gasteiger partial charge in [-0.3, -0.25) is 0 Å². The molecule has 0 bridgehead atoms. The molecule has 1 rings (SSSR count). The van der Waals surface area contributed by atoms with Gasteiger partial charge in [0, 0.05) is 12.8 Å². The largest absolute Gasteiger partial charge is 0.387 e. The van der Waals surface area contributed by atoms with Gasteiger partial charge < -0.3 is 10.8 Å². The van der Waals surface area contributed by atoms with Crippen LogP contribution in [0.1, 0.15) is 17.2 Å². The molecule has 4 nitrogen and oxygen atoms in total. The quantitative estimate of drug-likeness (QED) is 0.777. The number of hydrogen-bond acceptors (Lipinski definition) is 4. The summed E-state index contributed by atoms with van der Waals surface area (Å²) < 4.78 is 21.9. The number of hydrogen-bond donors (Lipinski definition) is 2. The van der Waals surface area contributed by atoms with E-state index in [2.05, 4.69) is 0 Å². The SMILES string of the molecule is CS(=O)(=O)CCc1ccc(C(O)CN)cc1. The normalized spacial score (nSPS) is 13.7. The van der Waals surface area contributed by atoms with Gasteiger partial charge in [-0.25, -0.2) is 8.42 Å². The van der Waals surface area contributed by atoms with Crippen LogP contribution in [-0.2, 0) is 16.3 Å². The lowest BCUT2D eigenvalue weighted by Crippen LogP contribution is -2.11. The molecule has 90 valence electrons. The summed E-state index contributed by atoms with van der Waals surface area (Å²) in [7, 11) is -2.92. The molecule has 1 aromatic carbocycles. The second-order valence-electron chi connectivity index (χ2n) is 3.87. The molecule has 0 fully saturated rings. The zero-order valence-electron chi connectivity index (χ0n) is 9.26. The van der Waals surface area contributed by atoms with Crippen LogP contribution in [0.3, 0.4) is 0 Å². The first kappa shape index (κ1) is 13.2. The van der Waals surface area contributed by atoms with Crippen molar-refractivity contribution in [3.05, 3.63) is 35.4 Å². The van der Waals surface area contributed by atoms with E-state index in [4.69, 9.17) is 5.73 Å². The van der Waals surface area contributed by atoms with Gasteiger partial charge in [0.05, 0.1) is 11.9 Å². The van der Waals surface area contributed by atoms with Crippen molar-refractivity contribution in [1.82, 2.24) is 0 Å². The molecule has 1 aromatic rings. The van der Waals surface area contributed by atoms with E-state index in [0.29, 0.717) is 6.42 Å². The Morgan fingerprint density at radius 1 is 1.31 bits per heavy atom. The Kier molecular flexibility index (Phi) is 4.46. The highest BCUT2D eigenvalue weighted by Crippen LogP contribution is 2.13. The van der Waals surface area contributed by atoms with Crippen molar-refractivity contribution in [3.63, 3.8) is 0 Å². The highest BCUT2D eigenvalue weighted by molar-refractivity contribution is 7.90. The minimum atomic E-state index is -2.92. The molecule has 0 amide bonds. The van der Waals surface area contributed by atoms with Crippen molar-refractivity contribution in [3.8, 4) is 0 Å². The van der Waals surface area contributed by atoms with E-state index in [1.165, 1.54) is 6.26 Å². The topological polar surface area (TPSA) is 80.4 Å². The molecule has 0 aliphatic heterocycles. The molecular weight excluding hydrogens is 226 g/mol. The fraction of sp³-hybridized carbons (Fsp3) is 0.455. The van der Waals surface area contributed by atoms with E-state index < -0.39 is 15.9 Å². The van der Waals surface area contributed by atoms with Gasteiger partial charge in [0.25, 0.3) is 0 Å². The number of benzene rings is 1. The molecule has 1 atom stereocenters. The molecule has 0 spiro atoms. The van der Waals surface area contributed by atoms with Gasteiger partial charge >= 0.3 is 0 Å². The van der Waals surface area contributed by atoms with Gasteiger partial charge in [0.1, 0.15) is 9.84 Å². The van der Waals surface area contributed by atoms with Crippen LogP contribution in [0.5, 0.6) is 0 Å². The highest BCUT2D eigenvalue weighted by atomic mass is 32.2. The highest BCUT2D eigenvalue weighted by Gasteiger charge is 2.06. The number of nitrogens with two attached hydrogens (primary N) is 1. The van der Waals surface area contributed by atoms with E-state index in [0.717, 1.165) is 11.1 Å². The summed E-state index contributed by atoms with van der Waals surface area (Å²) in [6.07, 6.45) is 1.07. The van der Waals surface area contributed by atoms with E-state index in [1.807, 2.05) is 12.1 Å². The average molecular weight is 243 g/mol. The Hall–Kier alpha value is -0.910. The summed E-state index contributed by atoms with van der Waals surface area (Å²) in [5.41, 5.74) is 7.03. The molecular formula is C11H17NO3S. The molecule has 0 aliphatic carbocycles. The first-order valence-corrected chi connectivity index (χ1v) is 7.13. The zero-order valence-corrected chi connectivity index (χ0v) is 10.1. The van der Waals surface area contributed by atoms with E-state index >= 15 is 0 Å². The van der Waals surface area contributed by atoms with Crippen molar-refractivity contribution < 1.29 is 13.5 Å². The van der Waals surface area contributed by atoms with Crippen molar-refractivity contribution in [2.75, 3.05) is 18.6 Å². The summed E-state index contributed by atoms with van der Waals surface area (Å²) in [5, 5.41) is 9.46. The summed E-state index contributed by atoms with van der Waals surface area (Å²) in [4.78, 5) is 0. The minimum absolute atomic E-state index is 0.145. The third kappa shape index (κ3) is 4.30. The maximum Gasteiger partial charge on any atom is 0.147 e. The van der Waals surface area contributed by atoms with E-state index in [9.17, 15) is 13.5 Å². The predicted molar refractivity (Wildman–Crippen MR) is 63.9 cm³/mol. The van der Waals surface area contributed by atoms with E-state index in [-0.39, 0.29) is 12.3 Å². The van der Waals surface area contributed by atoms with Crippen LogP contribution in [0.2, 0.25) is 0 Å². The molecule has 0 saturated carbocycles. The maximum absolute atomic E-state index is 11.0. The van der Waals surface area contributed by atoms with Gasteiger partial charge in [-0.1, -0.05) is 24.3 Å². The molecule has 5 heteroatoms. The molecule has 0 aromatic heterocycles. The molecule has 0 saturated heterocycles. The molecule has 0 aliphatic rings. The van der Waals surface area contributed by atoms with Crippen molar-refractivity contribution in [1.29, 1.82) is 0 Å². The standard InChI is InChI=1S/C11H17NO3S/c1-16(14,15)7-6-9-2-4-10(5-3-9)11(13)8-12/h2-5,11,13H,6-8,12H2,1H3. The van der Waals surface area contributed by atoms with Gasteiger partial charge in [-0.05, 0) is 17.5 Å². The average Bonchev–Trinajstić information content (AvgIpc) is 2.25. The summed E-state index contributed by atoms with van der Waals surface area (Å²) in [6.45, 7) is 0.183. The van der Waals surface area contributed by atoms with Crippen LogP contribution < -0.4 is 5.73 Å². The van der Waals surface area contributed by atoms with Gasteiger partial charge in [-0.2, -0.15) is 0 Å². The number of aliphatic hydroxyl groups excluding tert-OH is 1. The Morgan fingerprint density at radius 3 is 2.31 bits per heavy atom. The number of rotatable bonds is 5. The van der Waals surface area contributed by atoms with E-state index in [1.54, 1.807) is 12.1 Å². The molecule has 0 heterocycles. The first-order valence-electron chi connectivity index (χ1n) is 5.07. The van der Waals surface area contributed by atoms with Crippen LogP contribution in [0.15, 0.2) is 24.3 Å². The molecule has 0 radical (unpaired) electrons. The lowest BCUT2D eigenvalue weighted by atomic mass is 10.1. The van der Waals surface area contributed by atoms with Gasteiger partial charge in [0.2, 0.25) is 0 Å². The summed E-state index contributed by atoms with van der Waals surface area (Å²) in [5.74, 6) is 0.145. The smallest absolute Gasteiger partial charge is 0.147 e. The fourth-order valence-corrected chi connectivity index (χ4v) is 1.95. The number of aliphatic hydroxyl groups is 1. The van der Waals surface area contributed by atoms with Crippen molar-refractivity contribution in [2.45, 2.75) is 12.5 Å². The molecule has 16 heavy (non-hydrogen) atoms. The Morgan fingerprint density at radius 2 is 1.88 bits per heavy atom.